The number of fused-ring (bicyclic) bond motifs is 1. The maximum atomic E-state index is 13.6. The summed E-state index contributed by atoms with van der Waals surface area (Å²) in [4.78, 5) is 5.97. The average molecular weight is 433 g/mol. The number of hydrogen-bond acceptors (Lipinski definition) is 5. The fraction of sp³-hybridized carbons (Fsp3) is 0.733. The van der Waals surface area contributed by atoms with Crippen molar-refractivity contribution in [2.24, 2.45) is 5.92 Å². The minimum atomic E-state index is -4.62. The number of likely N-dealkylation sites (tertiary alicyclic amines) is 1. The highest BCUT2D eigenvalue weighted by atomic mass is 35.5. The van der Waals surface area contributed by atoms with E-state index in [0.29, 0.717) is 31.0 Å². The Bertz CT molecular complexity index is 788. The zero-order valence-corrected chi connectivity index (χ0v) is 16.0. The first-order chi connectivity index (χ1) is 12.6. The van der Waals surface area contributed by atoms with Gasteiger partial charge in [-0.25, -0.2) is 4.98 Å². The molecule has 0 N–H and O–H groups in total. The van der Waals surface area contributed by atoms with Gasteiger partial charge < -0.3 is 4.74 Å². The van der Waals surface area contributed by atoms with Gasteiger partial charge in [0.2, 0.25) is 4.96 Å². The molecule has 27 heavy (non-hydrogen) atoms. The fourth-order valence-electron chi connectivity index (χ4n) is 3.28. The summed E-state index contributed by atoms with van der Waals surface area (Å²) >= 11 is 6.04. The van der Waals surface area contributed by atoms with Gasteiger partial charge in [-0.3, -0.25) is 4.90 Å². The summed E-state index contributed by atoms with van der Waals surface area (Å²) in [6.45, 7) is 0.970. The van der Waals surface area contributed by atoms with E-state index in [4.69, 9.17) is 16.3 Å². The first-order valence-electron chi connectivity index (χ1n) is 8.29. The highest BCUT2D eigenvalue weighted by Crippen LogP contribution is 2.36. The summed E-state index contributed by atoms with van der Waals surface area (Å²) in [5.74, 6) is -0.352. The first-order valence-corrected chi connectivity index (χ1v) is 9.49. The van der Waals surface area contributed by atoms with Crippen LogP contribution in [0.3, 0.4) is 0 Å². The predicted octanol–water partition coefficient (Wildman–Crippen LogP) is 4.04. The third kappa shape index (κ3) is 5.07. The molecule has 2 aromatic rings. The van der Waals surface area contributed by atoms with Crippen LogP contribution in [0.1, 0.15) is 29.2 Å². The van der Waals surface area contributed by atoms with Crippen LogP contribution >= 0.6 is 22.9 Å². The van der Waals surface area contributed by atoms with Gasteiger partial charge in [-0.05, 0) is 30.5 Å². The number of alkyl halides is 6. The zero-order chi connectivity index (χ0) is 19.8. The summed E-state index contributed by atoms with van der Waals surface area (Å²) in [7, 11) is 1.50. The molecule has 1 fully saturated rings. The summed E-state index contributed by atoms with van der Waals surface area (Å²) < 4.78 is 72.4. The zero-order valence-electron chi connectivity index (χ0n) is 14.4. The van der Waals surface area contributed by atoms with Crippen LogP contribution in [-0.2, 0) is 23.9 Å². The van der Waals surface area contributed by atoms with E-state index in [1.807, 2.05) is 0 Å². The van der Waals surface area contributed by atoms with E-state index in [-0.39, 0.29) is 29.7 Å². The Morgan fingerprint density at radius 2 is 2.04 bits per heavy atom. The molecule has 0 aromatic carbocycles. The van der Waals surface area contributed by atoms with Gasteiger partial charge in [0.05, 0.1) is 12.3 Å². The topological polar surface area (TPSA) is 42.7 Å². The van der Waals surface area contributed by atoms with Gasteiger partial charge >= 0.3 is 11.6 Å². The van der Waals surface area contributed by atoms with Gasteiger partial charge in [-0.2, -0.15) is 31.6 Å². The fourth-order valence-corrected chi connectivity index (χ4v) is 4.39. The number of methoxy groups -OCH3 is 1. The second-order valence-electron chi connectivity index (χ2n) is 6.55. The van der Waals surface area contributed by atoms with Crippen molar-refractivity contribution in [3.8, 4) is 0 Å². The Morgan fingerprint density at radius 3 is 2.67 bits per heavy atom. The van der Waals surface area contributed by atoms with Crippen molar-refractivity contribution in [3.05, 3.63) is 16.4 Å². The maximum absolute atomic E-state index is 13.6. The van der Waals surface area contributed by atoms with E-state index in [1.165, 1.54) is 7.11 Å². The van der Waals surface area contributed by atoms with Gasteiger partial charge in [-0.15, -0.1) is 0 Å². The lowest BCUT2D eigenvalue weighted by atomic mass is 10.1. The molecule has 1 unspecified atom stereocenters. The third-order valence-corrected chi connectivity index (χ3v) is 5.49. The molecule has 0 aliphatic carbocycles. The van der Waals surface area contributed by atoms with E-state index in [1.54, 1.807) is 4.90 Å². The summed E-state index contributed by atoms with van der Waals surface area (Å²) in [6, 6.07) is 0. The number of imidazole rings is 1. The first kappa shape index (κ1) is 20.7. The summed E-state index contributed by atoms with van der Waals surface area (Å²) in [5.41, 5.74) is -1.05. The number of nitrogens with zero attached hydrogens (tertiary/aromatic N) is 4. The van der Waals surface area contributed by atoms with Crippen molar-refractivity contribution in [1.82, 2.24) is 19.5 Å². The van der Waals surface area contributed by atoms with Crippen LogP contribution in [0.25, 0.3) is 4.96 Å². The number of aromatic nitrogens is 3. The lowest BCUT2D eigenvalue weighted by molar-refractivity contribution is -0.143. The summed E-state index contributed by atoms with van der Waals surface area (Å²) in [6.07, 6.45) is -4.24. The molecule has 3 heterocycles. The molecular weight excluding hydrogens is 415 g/mol. The molecule has 12 heteroatoms. The van der Waals surface area contributed by atoms with Crippen LogP contribution in [-0.4, -0.2) is 51.7 Å². The Balaban J connectivity index is 1.79. The third-order valence-electron chi connectivity index (χ3n) is 4.37. The minimum absolute atomic E-state index is 0.0668. The monoisotopic (exact) mass is 432 g/mol. The van der Waals surface area contributed by atoms with Crippen molar-refractivity contribution >= 4 is 27.9 Å². The molecule has 0 saturated carbocycles. The molecule has 0 bridgehead atoms. The Hall–Kier alpha value is -1.04. The van der Waals surface area contributed by atoms with E-state index in [2.05, 4.69) is 10.1 Å². The van der Waals surface area contributed by atoms with Crippen molar-refractivity contribution < 1.29 is 26.7 Å². The number of hydrogen-bond donors (Lipinski definition) is 0. The second kappa shape index (κ2) is 7.76. The van der Waals surface area contributed by atoms with Gasteiger partial charge in [0.15, 0.2) is 5.69 Å². The van der Waals surface area contributed by atoms with Gasteiger partial charge in [-0.1, -0.05) is 11.3 Å². The van der Waals surface area contributed by atoms with Crippen LogP contribution < -0.4 is 0 Å². The SMILES string of the molecule is COCCc1nn2c(C(F)(F)F)c(CN3CCC(CC(F)(F)Cl)C3)nc2s1. The predicted molar refractivity (Wildman–Crippen MR) is 90.2 cm³/mol. The van der Waals surface area contributed by atoms with E-state index in [9.17, 15) is 22.0 Å². The van der Waals surface area contributed by atoms with Crippen molar-refractivity contribution in [3.63, 3.8) is 0 Å². The number of halogens is 6. The van der Waals surface area contributed by atoms with Crippen molar-refractivity contribution in [1.29, 1.82) is 0 Å². The largest absolute Gasteiger partial charge is 0.435 e. The lowest BCUT2D eigenvalue weighted by Crippen LogP contribution is -2.24. The molecule has 0 spiro atoms. The van der Waals surface area contributed by atoms with Gasteiger partial charge in [0.25, 0.3) is 0 Å². The molecule has 2 aromatic heterocycles. The molecule has 152 valence electrons. The van der Waals surface area contributed by atoms with Crippen LogP contribution in [0.4, 0.5) is 22.0 Å². The van der Waals surface area contributed by atoms with Crippen molar-refractivity contribution in [2.45, 2.75) is 37.4 Å². The van der Waals surface area contributed by atoms with Crippen LogP contribution in [0.2, 0.25) is 0 Å². The molecule has 1 atom stereocenters. The molecule has 1 aliphatic heterocycles. The Kier molecular flexibility index (Phi) is 5.95. The second-order valence-corrected chi connectivity index (χ2v) is 8.14. The van der Waals surface area contributed by atoms with E-state index >= 15 is 0 Å². The summed E-state index contributed by atoms with van der Waals surface area (Å²) in [5, 5.41) is 1.22. The highest BCUT2D eigenvalue weighted by Gasteiger charge is 2.41. The Labute approximate surface area is 161 Å². The van der Waals surface area contributed by atoms with Crippen LogP contribution in [0.15, 0.2) is 0 Å². The van der Waals surface area contributed by atoms with Gasteiger partial charge in [0, 0.05) is 33.0 Å². The molecule has 1 aliphatic rings. The van der Waals surface area contributed by atoms with E-state index in [0.717, 1.165) is 15.9 Å². The molecule has 0 amide bonds. The minimum Gasteiger partial charge on any atom is -0.384 e. The van der Waals surface area contributed by atoms with Crippen molar-refractivity contribution in [2.75, 3.05) is 26.8 Å². The Morgan fingerprint density at radius 1 is 1.30 bits per heavy atom. The quantitative estimate of drug-likeness (QED) is 0.489. The molecule has 1 saturated heterocycles. The smallest absolute Gasteiger partial charge is 0.384 e. The van der Waals surface area contributed by atoms with Crippen LogP contribution in [0.5, 0.6) is 0 Å². The van der Waals surface area contributed by atoms with E-state index < -0.39 is 23.7 Å². The van der Waals surface area contributed by atoms with Gasteiger partial charge in [0.1, 0.15) is 5.01 Å². The number of ether oxygens (including phenoxy) is 1. The molecule has 3 rings (SSSR count). The maximum Gasteiger partial charge on any atom is 0.435 e. The lowest BCUT2D eigenvalue weighted by Gasteiger charge is -2.17. The molecular formula is C15H18ClF5N4OS. The highest BCUT2D eigenvalue weighted by molar-refractivity contribution is 7.16. The normalized spacial score (nSPS) is 19.4. The standard InChI is InChI=1S/C15H18ClF5N4OS/c1-26-5-3-11-23-25-12(15(19,20)21)10(22-13(25)27-11)8-24-4-2-9(7-24)6-14(16,17)18/h9H,2-8H2,1H3. The average Bonchev–Trinajstić information content (AvgIpc) is 3.17. The molecule has 0 radical (unpaired) electrons. The number of rotatable bonds is 7. The molecule has 5 nitrogen and oxygen atoms in total. The van der Waals surface area contributed by atoms with Crippen LogP contribution in [0, 0.1) is 5.92 Å².